The number of nitrogens with one attached hydrogen (secondary N) is 2. The highest BCUT2D eigenvalue weighted by atomic mass is 16.5. The van der Waals surface area contributed by atoms with Gasteiger partial charge in [0.25, 0.3) is 5.56 Å². The molecule has 6 nitrogen and oxygen atoms in total. The quantitative estimate of drug-likeness (QED) is 0.580. The van der Waals surface area contributed by atoms with Crippen molar-refractivity contribution in [1.29, 1.82) is 0 Å². The molecule has 0 fully saturated rings. The van der Waals surface area contributed by atoms with Crippen molar-refractivity contribution in [1.82, 2.24) is 9.97 Å². The molecule has 23 heavy (non-hydrogen) atoms. The van der Waals surface area contributed by atoms with Crippen LogP contribution in [0.2, 0.25) is 0 Å². The summed E-state index contributed by atoms with van der Waals surface area (Å²) in [6.45, 7) is 4.82. The summed E-state index contributed by atoms with van der Waals surface area (Å²) < 4.78 is 5.52. The number of hydrogen-bond acceptors (Lipinski definition) is 5. The predicted molar refractivity (Wildman–Crippen MR) is 92.3 cm³/mol. The Hall–Kier alpha value is -2.63. The van der Waals surface area contributed by atoms with Gasteiger partial charge in [-0.25, -0.2) is 10.4 Å². The molecule has 0 aliphatic carbocycles. The maximum absolute atomic E-state index is 11.5. The van der Waals surface area contributed by atoms with Crippen LogP contribution in [0.5, 0.6) is 5.75 Å². The zero-order chi connectivity index (χ0) is 16.5. The van der Waals surface area contributed by atoms with Crippen LogP contribution in [-0.4, -0.2) is 22.8 Å². The SMILES string of the molecule is CCCOc1ccc(/C=N/Nc2nc(CCC)cc(=O)[nH]2)cc1. The van der Waals surface area contributed by atoms with Crippen LogP contribution in [0.15, 0.2) is 40.2 Å². The molecule has 0 spiro atoms. The van der Waals surface area contributed by atoms with E-state index in [0.29, 0.717) is 12.6 Å². The summed E-state index contributed by atoms with van der Waals surface area (Å²) in [4.78, 5) is 18.5. The molecule has 6 heteroatoms. The molecule has 0 aliphatic heterocycles. The molecule has 0 saturated carbocycles. The Labute approximate surface area is 135 Å². The highest BCUT2D eigenvalue weighted by molar-refractivity contribution is 5.80. The molecule has 2 aromatic rings. The first-order valence-electron chi connectivity index (χ1n) is 7.83. The van der Waals surface area contributed by atoms with Crippen LogP contribution in [-0.2, 0) is 6.42 Å². The molecular formula is C17H22N4O2. The van der Waals surface area contributed by atoms with Gasteiger partial charge >= 0.3 is 0 Å². The molecule has 1 heterocycles. The van der Waals surface area contributed by atoms with Crippen LogP contribution in [0.4, 0.5) is 5.95 Å². The van der Waals surface area contributed by atoms with E-state index in [4.69, 9.17) is 4.74 Å². The monoisotopic (exact) mass is 314 g/mol. The maximum atomic E-state index is 11.5. The number of benzene rings is 1. The summed E-state index contributed by atoms with van der Waals surface area (Å²) in [6, 6.07) is 9.14. The van der Waals surface area contributed by atoms with Gasteiger partial charge in [-0.3, -0.25) is 9.78 Å². The number of aryl methyl sites for hydroxylation is 1. The van der Waals surface area contributed by atoms with Gasteiger partial charge in [-0.05, 0) is 42.7 Å². The number of aromatic nitrogens is 2. The average molecular weight is 314 g/mol. The van der Waals surface area contributed by atoms with Gasteiger partial charge in [0.05, 0.1) is 12.8 Å². The van der Waals surface area contributed by atoms with E-state index in [9.17, 15) is 4.79 Å². The van der Waals surface area contributed by atoms with Gasteiger partial charge in [-0.2, -0.15) is 5.10 Å². The third-order valence-electron chi connectivity index (χ3n) is 3.04. The molecule has 0 aliphatic rings. The molecule has 0 saturated heterocycles. The van der Waals surface area contributed by atoms with Crippen molar-refractivity contribution < 1.29 is 4.74 Å². The standard InChI is InChI=1S/C17H22N4O2/c1-3-5-14-11-16(22)20-17(19-14)21-18-12-13-6-8-15(9-7-13)23-10-4-2/h6-9,11-12H,3-5,10H2,1-2H3,(H2,19,20,21,22)/b18-12+. The van der Waals surface area contributed by atoms with Gasteiger partial charge in [0.15, 0.2) is 0 Å². The predicted octanol–water partition coefficient (Wildman–Crippen LogP) is 2.96. The minimum Gasteiger partial charge on any atom is -0.494 e. The van der Waals surface area contributed by atoms with Crippen molar-refractivity contribution >= 4 is 12.2 Å². The van der Waals surface area contributed by atoms with Gasteiger partial charge in [-0.15, -0.1) is 0 Å². The average Bonchev–Trinajstić information content (AvgIpc) is 2.54. The first-order chi connectivity index (χ1) is 11.2. The maximum Gasteiger partial charge on any atom is 0.252 e. The largest absolute Gasteiger partial charge is 0.494 e. The van der Waals surface area contributed by atoms with Gasteiger partial charge in [0, 0.05) is 11.8 Å². The van der Waals surface area contributed by atoms with Gasteiger partial charge in [0.2, 0.25) is 5.95 Å². The smallest absolute Gasteiger partial charge is 0.252 e. The molecule has 0 atom stereocenters. The third-order valence-corrected chi connectivity index (χ3v) is 3.04. The lowest BCUT2D eigenvalue weighted by molar-refractivity contribution is 0.317. The number of nitrogens with zero attached hydrogens (tertiary/aromatic N) is 2. The van der Waals surface area contributed by atoms with E-state index in [2.05, 4.69) is 27.4 Å². The zero-order valence-corrected chi connectivity index (χ0v) is 13.5. The van der Waals surface area contributed by atoms with Gasteiger partial charge < -0.3 is 4.74 Å². The lowest BCUT2D eigenvalue weighted by Gasteiger charge is -2.04. The van der Waals surface area contributed by atoms with Crippen LogP contribution in [0.3, 0.4) is 0 Å². The third kappa shape index (κ3) is 5.58. The first-order valence-corrected chi connectivity index (χ1v) is 7.83. The van der Waals surface area contributed by atoms with E-state index in [1.165, 1.54) is 6.07 Å². The number of aromatic amines is 1. The topological polar surface area (TPSA) is 79.4 Å². The van der Waals surface area contributed by atoms with Crippen LogP contribution in [0.25, 0.3) is 0 Å². The number of hydrogen-bond donors (Lipinski definition) is 2. The number of anilines is 1. The molecule has 2 N–H and O–H groups in total. The fourth-order valence-electron chi connectivity index (χ4n) is 1.98. The summed E-state index contributed by atoms with van der Waals surface area (Å²) >= 11 is 0. The minimum atomic E-state index is -0.182. The second-order valence-electron chi connectivity index (χ2n) is 5.12. The van der Waals surface area contributed by atoms with E-state index in [0.717, 1.165) is 36.3 Å². The van der Waals surface area contributed by atoms with Crippen LogP contribution < -0.4 is 15.7 Å². The highest BCUT2D eigenvalue weighted by Gasteiger charge is 1.99. The molecule has 0 unspecified atom stereocenters. The second-order valence-corrected chi connectivity index (χ2v) is 5.12. The molecule has 0 bridgehead atoms. The van der Waals surface area contributed by atoms with Crippen molar-refractivity contribution in [3.05, 3.63) is 51.9 Å². The minimum absolute atomic E-state index is 0.182. The Morgan fingerprint density at radius 2 is 2.04 bits per heavy atom. The highest BCUT2D eigenvalue weighted by Crippen LogP contribution is 2.11. The van der Waals surface area contributed by atoms with Crippen molar-refractivity contribution in [3.8, 4) is 5.75 Å². The number of hydrazone groups is 1. The van der Waals surface area contributed by atoms with Crippen molar-refractivity contribution in [2.45, 2.75) is 33.1 Å². The van der Waals surface area contributed by atoms with E-state index < -0.39 is 0 Å². The summed E-state index contributed by atoms with van der Waals surface area (Å²) in [5.74, 6) is 1.19. The Bertz CT molecular complexity index is 692. The molecule has 0 radical (unpaired) electrons. The molecule has 1 aromatic carbocycles. The first kappa shape index (κ1) is 16.7. The number of H-pyrrole nitrogens is 1. The van der Waals surface area contributed by atoms with Crippen LogP contribution in [0, 0.1) is 0 Å². The Morgan fingerprint density at radius 1 is 1.26 bits per heavy atom. The molecule has 0 amide bonds. The van der Waals surface area contributed by atoms with Crippen LogP contribution in [0.1, 0.15) is 37.9 Å². The molecule has 2 rings (SSSR count). The molecule has 122 valence electrons. The van der Waals surface area contributed by atoms with Crippen molar-refractivity contribution in [2.24, 2.45) is 5.10 Å². The van der Waals surface area contributed by atoms with Gasteiger partial charge in [0.1, 0.15) is 5.75 Å². The fourth-order valence-corrected chi connectivity index (χ4v) is 1.98. The van der Waals surface area contributed by atoms with Gasteiger partial charge in [-0.1, -0.05) is 20.3 Å². The Kier molecular flexibility index (Phi) is 6.35. The molecular weight excluding hydrogens is 292 g/mol. The Balaban J connectivity index is 1.97. The lowest BCUT2D eigenvalue weighted by Crippen LogP contribution is -2.11. The molecule has 1 aromatic heterocycles. The van der Waals surface area contributed by atoms with E-state index in [1.54, 1.807) is 6.21 Å². The second kappa shape index (κ2) is 8.73. The number of ether oxygens (including phenoxy) is 1. The zero-order valence-electron chi connectivity index (χ0n) is 13.5. The van der Waals surface area contributed by atoms with Crippen molar-refractivity contribution in [2.75, 3.05) is 12.0 Å². The summed E-state index contributed by atoms with van der Waals surface area (Å²) in [7, 11) is 0. The summed E-state index contributed by atoms with van der Waals surface area (Å²) in [6.07, 6.45) is 4.35. The van der Waals surface area contributed by atoms with E-state index >= 15 is 0 Å². The summed E-state index contributed by atoms with van der Waals surface area (Å²) in [5.41, 5.74) is 4.25. The number of rotatable bonds is 8. The van der Waals surface area contributed by atoms with Crippen LogP contribution >= 0.6 is 0 Å². The Morgan fingerprint density at radius 3 is 2.74 bits per heavy atom. The van der Waals surface area contributed by atoms with Crippen molar-refractivity contribution in [3.63, 3.8) is 0 Å². The van der Waals surface area contributed by atoms with E-state index in [1.807, 2.05) is 31.2 Å². The normalized spacial score (nSPS) is 10.9. The lowest BCUT2D eigenvalue weighted by atomic mass is 10.2. The fraction of sp³-hybridized carbons (Fsp3) is 0.353. The van der Waals surface area contributed by atoms with E-state index in [-0.39, 0.29) is 5.56 Å². The summed E-state index contributed by atoms with van der Waals surface area (Å²) in [5, 5.41) is 4.10.